The third kappa shape index (κ3) is 8.25. The van der Waals surface area contributed by atoms with Crippen LogP contribution in [0.15, 0.2) is 97.6 Å². The molecule has 6 heteroatoms. The molecule has 0 bridgehead atoms. The van der Waals surface area contributed by atoms with Crippen LogP contribution in [0, 0.1) is 0 Å². The van der Waals surface area contributed by atoms with Gasteiger partial charge in [0.05, 0.1) is 51.8 Å². The van der Waals surface area contributed by atoms with Gasteiger partial charge < -0.3 is 28.8 Å². The van der Waals surface area contributed by atoms with E-state index < -0.39 is 12.2 Å². The van der Waals surface area contributed by atoms with Gasteiger partial charge in [-0.15, -0.1) is 6.58 Å². The SMILES string of the molecule is C=CC[C@@H](OCc1ccc(OC)cc1)[C@@H]1O[C@H](COCc2ccccc2)[C@H](OCc2ccccc2)C[C@H]1O. The Morgan fingerprint density at radius 3 is 2.16 bits per heavy atom. The number of hydrogen-bond donors (Lipinski definition) is 1. The van der Waals surface area contributed by atoms with E-state index in [0.29, 0.717) is 39.3 Å². The summed E-state index contributed by atoms with van der Waals surface area (Å²) >= 11 is 0. The first-order chi connectivity index (χ1) is 18.7. The summed E-state index contributed by atoms with van der Waals surface area (Å²) in [7, 11) is 1.64. The van der Waals surface area contributed by atoms with E-state index in [1.54, 1.807) is 13.2 Å². The molecule has 1 heterocycles. The van der Waals surface area contributed by atoms with Gasteiger partial charge in [0, 0.05) is 6.42 Å². The summed E-state index contributed by atoms with van der Waals surface area (Å²) in [4.78, 5) is 0. The molecular weight excluding hydrogens is 480 g/mol. The van der Waals surface area contributed by atoms with Crippen LogP contribution in [0.25, 0.3) is 0 Å². The lowest BCUT2D eigenvalue weighted by atomic mass is 9.93. The number of benzene rings is 3. The van der Waals surface area contributed by atoms with E-state index in [9.17, 15) is 5.11 Å². The summed E-state index contributed by atoms with van der Waals surface area (Å²) < 4.78 is 30.3. The van der Waals surface area contributed by atoms with Crippen molar-refractivity contribution in [2.45, 2.75) is 63.2 Å². The second kappa shape index (κ2) is 14.8. The topological polar surface area (TPSA) is 66.4 Å². The number of aliphatic hydroxyl groups excluding tert-OH is 1. The lowest BCUT2D eigenvalue weighted by Gasteiger charge is -2.42. The molecule has 4 rings (SSSR count). The molecule has 6 nitrogen and oxygen atoms in total. The van der Waals surface area contributed by atoms with Crippen LogP contribution in [0.4, 0.5) is 0 Å². The summed E-state index contributed by atoms with van der Waals surface area (Å²) in [6.07, 6.45) is 0.456. The van der Waals surface area contributed by atoms with Crippen molar-refractivity contribution in [3.05, 3.63) is 114 Å². The van der Waals surface area contributed by atoms with Gasteiger partial charge in [-0.1, -0.05) is 78.9 Å². The molecule has 0 aliphatic carbocycles. The summed E-state index contributed by atoms with van der Waals surface area (Å²) in [5, 5.41) is 11.1. The second-order valence-corrected chi connectivity index (χ2v) is 9.50. The van der Waals surface area contributed by atoms with Gasteiger partial charge in [0.25, 0.3) is 0 Å². The average molecular weight is 519 g/mol. The van der Waals surface area contributed by atoms with Crippen molar-refractivity contribution < 1.29 is 28.8 Å². The van der Waals surface area contributed by atoms with E-state index in [1.165, 1.54) is 0 Å². The number of rotatable bonds is 14. The van der Waals surface area contributed by atoms with Gasteiger partial charge in [0.1, 0.15) is 18.0 Å². The van der Waals surface area contributed by atoms with Crippen molar-refractivity contribution in [2.24, 2.45) is 0 Å². The maximum absolute atomic E-state index is 11.1. The van der Waals surface area contributed by atoms with Gasteiger partial charge in [-0.05, 0) is 35.2 Å². The zero-order chi connectivity index (χ0) is 26.6. The zero-order valence-electron chi connectivity index (χ0n) is 22.0. The molecule has 5 atom stereocenters. The molecule has 0 radical (unpaired) electrons. The average Bonchev–Trinajstić information content (AvgIpc) is 2.96. The fourth-order valence-electron chi connectivity index (χ4n) is 4.59. The number of hydrogen-bond acceptors (Lipinski definition) is 6. The minimum absolute atomic E-state index is 0.316. The van der Waals surface area contributed by atoms with Gasteiger partial charge in [0.2, 0.25) is 0 Å². The Balaban J connectivity index is 1.42. The number of ether oxygens (including phenoxy) is 5. The van der Waals surface area contributed by atoms with E-state index in [2.05, 4.69) is 6.58 Å². The van der Waals surface area contributed by atoms with Crippen molar-refractivity contribution in [3.63, 3.8) is 0 Å². The Hall–Kier alpha value is -3.00. The van der Waals surface area contributed by atoms with Crippen LogP contribution < -0.4 is 4.74 Å². The fraction of sp³-hybridized carbons (Fsp3) is 0.375. The van der Waals surface area contributed by atoms with E-state index in [4.69, 9.17) is 23.7 Å². The minimum Gasteiger partial charge on any atom is -0.497 e. The molecular formula is C32H38O6. The molecule has 0 spiro atoms. The van der Waals surface area contributed by atoms with Gasteiger partial charge >= 0.3 is 0 Å². The fourth-order valence-corrected chi connectivity index (χ4v) is 4.59. The van der Waals surface area contributed by atoms with Crippen LogP contribution >= 0.6 is 0 Å². The summed E-state index contributed by atoms with van der Waals surface area (Å²) in [6, 6.07) is 27.8. The lowest BCUT2D eigenvalue weighted by Crippen LogP contribution is -2.54. The largest absolute Gasteiger partial charge is 0.497 e. The van der Waals surface area contributed by atoms with Crippen molar-refractivity contribution in [2.75, 3.05) is 13.7 Å². The Kier molecular flexibility index (Phi) is 10.9. The van der Waals surface area contributed by atoms with E-state index in [-0.39, 0.29) is 18.3 Å². The molecule has 38 heavy (non-hydrogen) atoms. The standard InChI is InChI=1S/C32H38O6/c1-3-10-29(36-22-26-15-17-27(34-2)18-16-26)32-28(33)19-30(37-21-25-13-8-5-9-14-25)31(38-32)23-35-20-24-11-6-4-7-12-24/h3-9,11-18,28-33H,1,10,19-23H2,2H3/t28-,29-,30-,31-,32-/m1/s1. The lowest BCUT2D eigenvalue weighted by molar-refractivity contribution is -0.231. The highest BCUT2D eigenvalue weighted by atomic mass is 16.6. The summed E-state index contributed by atoms with van der Waals surface area (Å²) in [5.74, 6) is 0.794. The Labute approximate surface area is 225 Å². The van der Waals surface area contributed by atoms with Crippen LogP contribution in [-0.4, -0.2) is 49.3 Å². The monoisotopic (exact) mass is 518 g/mol. The Morgan fingerprint density at radius 1 is 0.895 bits per heavy atom. The first kappa shape index (κ1) is 28.0. The molecule has 3 aromatic carbocycles. The molecule has 1 aliphatic heterocycles. The van der Waals surface area contributed by atoms with E-state index in [1.807, 2.05) is 84.9 Å². The molecule has 3 aromatic rings. The van der Waals surface area contributed by atoms with Crippen LogP contribution in [0.5, 0.6) is 5.75 Å². The molecule has 1 saturated heterocycles. The highest BCUT2D eigenvalue weighted by molar-refractivity contribution is 5.26. The summed E-state index contributed by atoms with van der Waals surface area (Å²) in [6.45, 7) is 5.54. The van der Waals surface area contributed by atoms with Gasteiger partial charge in [0.15, 0.2) is 0 Å². The Morgan fingerprint density at radius 2 is 1.53 bits per heavy atom. The molecule has 0 aromatic heterocycles. The number of methoxy groups -OCH3 is 1. The first-order valence-corrected chi connectivity index (χ1v) is 13.1. The van der Waals surface area contributed by atoms with E-state index in [0.717, 1.165) is 22.4 Å². The van der Waals surface area contributed by atoms with E-state index >= 15 is 0 Å². The van der Waals surface area contributed by atoms with Crippen molar-refractivity contribution in [3.8, 4) is 5.75 Å². The normalized spacial score (nSPS) is 22.1. The highest BCUT2D eigenvalue weighted by Crippen LogP contribution is 2.29. The highest BCUT2D eigenvalue weighted by Gasteiger charge is 2.42. The molecule has 1 fully saturated rings. The molecule has 202 valence electrons. The van der Waals surface area contributed by atoms with Gasteiger partial charge in [-0.3, -0.25) is 0 Å². The predicted octanol–water partition coefficient (Wildman–Crippen LogP) is 5.48. The quantitative estimate of drug-likeness (QED) is 0.285. The Bertz CT molecular complexity index is 1070. The van der Waals surface area contributed by atoms with Crippen molar-refractivity contribution in [1.29, 1.82) is 0 Å². The van der Waals surface area contributed by atoms with Crippen molar-refractivity contribution in [1.82, 2.24) is 0 Å². The van der Waals surface area contributed by atoms with Crippen LogP contribution in [-0.2, 0) is 38.8 Å². The van der Waals surface area contributed by atoms with Crippen molar-refractivity contribution >= 4 is 0 Å². The summed E-state index contributed by atoms with van der Waals surface area (Å²) in [5.41, 5.74) is 3.17. The first-order valence-electron chi connectivity index (χ1n) is 13.1. The number of aliphatic hydroxyl groups is 1. The van der Waals surface area contributed by atoms with Gasteiger partial charge in [-0.2, -0.15) is 0 Å². The molecule has 1 N–H and O–H groups in total. The zero-order valence-corrected chi connectivity index (χ0v) is 22.0. The molecule has 0 unspecified atom stereocenters. The third-order valence-electron chi connectivity index (χ3n) is 6.69. The second-order valence-electron chi connectivity index (χ2n) is 9.50. The third-order valence-corrected chi connectivity index (χ3v) is 6.69. The van der Waals surface area contributed by atoms with Crippen LogP contribution in [0.3, 0.4) is 0 Å². The molecule has 0 amide bonds. The minimum atomic E-state index is -0.748. The van der Waals surface area contributed by atoms with Crippen LogP contribution in [0.2, 0.25) is 0 Å². The van der Waals surface area contributed by atoms with Crippen LogP contribution in [0.1, 0.15) is 29.5 Å². The maximum Gasteiger partial charge on any atom is 0.118 e. The molecule has 0 saturated carbocycles. The predicted molar refractivity (Wildman–Crippen MR) is 147 cm³/mol. The smallest absolute Gasteiger partial charge is 0.118 e. The maximum atomic E-state index is 11.1. The molecule has 1 aliphatic rings. The van der Waals surface area contributed by atoms with Gasteiger partial charge in [-0.25, -0.2) is 0 Å².